The summed E-state index contributed by atoms with van der Waals surface area (Å²) in [6.45, 7) is -0.333. The number of nitrogens with zero attached hydrogens (tertiary/aromatic N) is 2. The average Bonchev–Trinajstić information content (AvgIpc) is 3.03. The van der Waals surface area contributed by atoms with E-state index in [2.05, 4.69) is 26.9 Å². The molecule has 0 bridgehead atoms. The lowest BCUT2D eigenvalue weighted by atomic mass is 10.2. The van der Waals surface area contributed by atoms with Gasteiger partial charge < -0.3 is 16.0 Å². The third kappa shape index (κ3) is 7.19. The van der Waals surface area contributed by atoms with E-state index in [9.17, 15) is 18.0 Å². The number of anilines is 1. The third-order valence-corrected chi connectivity index (χ3v) is 3.97. The highest BCUT2D eigenvalue weighted by Gasteiger charge is 2.34. The summed E-state index contributed by atoms with van der Waals surface area (Å²) in [6.07, 6.45) is 1.69. The second-order valence-electron chi connectivity index (χ2n) is 6.18. The normalized spacial score (nSPS) is 18.0. The summed E-state index contributed by atoms with van der Waals surface area (Å²) in [5.74, 6) is 2.56. The SMILES string of the molecule is C#Cc1cccc(NC(=O)CNC(=NC)NC2CCN(CC(F)(F)F)C2)c1. The molecular weight excluding hydrogens is 359 g/mol. The Morgan fingerprint density at radius 2 is 2.22 bits per heavy atom. The molecule has 1 atom stereocenters. The molecule has 9 heteroatoms. The van der Waals surface area contributed by atoms with Crippen LogP contribution >= 0.6 is 0 Å². The Balaban J connectivity index is 1.77. The van der Waals surface area contributed by atoms with Crippen LogP contribution in [0.15, 0.2) is 29.3 Å². The Labute approximate surface area is 156 Å². The Morgan fingerprint density at radius 1 is 1.44 bits per heavy atom. The first-order valence-electron chi connectivity index (χ1n) is 8.42. The van der Waals surface area contributed by atoms with Crippen molar-refractivity contribution in [1.82, 2.24) is 15.5 Å². The number of guanidine groups is 1. The van der Waals surface area contributed by atoms with E-state index in [-0.39, 0.29) is 25.0 Å². The van der Waals surface area contributed by atoms with Gasteiger partial charge in [0.15, 0.2) is 5.96 Å². The van der Waals surface area contributed by atoms with Crippen LogP contribution in [-0.4, -0.2) is 62.2 Å². The largest absolute Gasteiger partial charge is 0.401 e. The van der Waals surface area contributed by atoms with Gasteiger partial charge in [0, 0.05) is 37.4 Å². The fourth-order valence-electron chi connectivity index (χ4n) is 2.79. The smallest absolute Gasteiger partial charge is 0.352 e. The van der Waals surface area contributed by atoms with Crippen molar-refractivity contribution < 1.29 is 18.0 Å². The number of nitrogens with one attached hydrogen (secondary N) is 3. The maximum absolute atomic E-state index is 12.4. The molecule has 1 aromatic rings. The molecule has 1 aromatic carbocycles. The molecule has 27 heavy (non-hydrogen) atoms. The molecule has 1 aliphatic heterocycles. The molecule has 0 spiro atoms. The number of likely N-dealkylation sites (tertiary alicyclic amines) is 1. The molecule has 1 amide bonds. The van der Waals surface area contributed by atoms with Gasteiger partial charge in [0.1, 0.15) is 0 Å². The number of alkyl halides is 3. The van der Waals surface area contributed by atoms with Gasteiger partial charge >= 0.3 is 6.18 Å². The van der Waals surface area contributed by atoms with Gasteiger partial charge in [-0.15, -0.1) is 6.42 Å². The summed E-state index contributed by atoms with van der Waals surface area (Å²) >= 11 is 0. The Hall–Kier alpha value is -2.73. The summed E-state index contributed by atoms with van der Waals surface area (Å²) in [5.41, 5.74) is 1.24. The predicted octanol–water partition coefficient (Wildman–Crippen LogP) is 1.41. The molecule has 0 radical (unpaired) electrons. The van der Waals surface area contributed by atoms with Crippen molar-refractivity contribution in [1.29, 1.82) is 0 Å². The summed E-state index contributed by atoms with van der Waals surface area (Å²) in [5, 5.41) is 8.61. The van der Waals surface area contributed by atoms with E-state index < -0.39 is 12.7 Å². The van der Waals surface area contributed by atoms with Crippen molar-refractivity contribution in [3.63, 3.8) is 0 Å². The van der Waals surface area contributed by atoms with Crippen molar-refractivity contribution >= 4 is 17.6 Å². The minimum Gasteiger partial charge on any atom is -0.352 e. The molecule has 0 saturated carbocycles. The lowest BCUT2D eigenvalue weighted by Gasteiger charge is -2.19. The Morgan fingerprint density at radius 3 is 2.89 bits per heavy atom. The van der Waals surface area contributed by atoms with E-state index in [0.717, 1.165) is 0 Å². The van der Waals surface area contributed by atoms with Crippen LogP contribution in [0.25, 0.3) is 0 Å². The first kappa shape index (κ1) is 20.6. The van der Waals surface area contributed by atoms with Crippen LogP contribution < -0.4 is 16.0 Å². The van der Waals surface area contributed by atoms with E-state index in [4.69, 9.17) is 6.42 Å². The van der Waals surface area contributed by atoms with Crippen LogP contribution in [0.2, 0.25) is 0 Å². The number of amides is 1. The number of terminal acetylenes is 1. The maximum Gasteiger partial charge on any atom is 0.401 e. The van der Waals surface area contributed by atoms with E-state index in [1.807, 2.05) is 0 Å². The second kappa shape index (κ2) is 9.28. The fraction of sp³-hybridized carbons (Fsp3) is 0.444. The fourth-order valence-corrected chi connectivity index (χ4v) is 2.79. The number of halogens is 3. The first-order valence-corrected chi connectivity index (χ1v) is 8.42. The Kier molecular flexibility index (Phi) is 7.07. The minimum absolute atomic E-state index is 0.0427. The van der Waals surface area contributed by atoms with Gasteiger partial charge in [-0.25, -0.2) is 0 Å². The van der Waals surface area contributed by atoms with Crippen LogP contribution in [0.4, 0.5) is 18.9 Å². The summed E-state index contributed by atoms with van der Waals surface area (Å²) in [6, 6.07) is 6.74. The molecular formula is C18H22F3N5O. The van der Waals surface area contributed by atoms with Crippen molar-refractivity contribution in [2.24, 2.45) is 4.99 Å². The molecule has 1 heterocycles. The molecule has 1 aliphatic rings. The maximum atomic E-state index is 12.4. The molecule has 1 saturated heterocycles. The van der Waals surface area contributed by atoms with Gasteiger partial charge in [-0.2, -0.15) is 13.2 Å². The Bertz CT molecular complexity index is 726. The number of hydrogen-bond donors (Lipinski definition) is 3. The van der Waals surface area contributed by atoms with Crippen LogP contribution in [0.1, 0.15) is 12.0 Å². The highest BCUT2D eigenvalue weighted by molar-refractivity contribution is 5.95. The van der Waals surface area contributed by atoms with Gasteiger partial charge in [0.25, 0.3) is 0 Å². The van der Waals surface area contributed by atoms with Crippen LogP contribution in [0.3, 0.4) is 0 Å². The number of hydrogen-bond acceptors (Lipinski definition) is 3. The van der Waals surface area contributed by atoms with Gasteiger partial charge in [0.2, 0.25) is 5.91 Å². The number of rotatable bonds is 5. The number of carbonyl (C=O) groups is 1. The summed E-state index contributed by atoms with van der Waals surface area (Å²) < 4.78 is 37.3. The topological polar surface area (TPSA) is 68.8 Å². The van der Waals surface area contributed by atoms with Crippen LogP contribution in [-0.2, 0) is 4.79 Å². The van der Waals surface area contributed by atoms with E-state index in [1.54, 1.807) is 24.3 Å². The monoisotopic (exact) mass is 381 g/mol. The second-order valence-corrected chi connectivity index (χ2v) is 6.18. The van der Waals surface area contributed by atoms with Crippen LogP contribution in [0.5, 0.6) is 0 Å². The predicted molar refractivity (Wildman–Crippen MR) is 98.4 cm³/mol. The summed E-state index contributed by atoms with van der Waals surface area (Å²) in [4.78, 5) is 17.4. The van der Waals surface area contributed by atoms with Crippen molar-refractivity contribution in [3.05, 3.63) is 29.8 Å². The molecule has 2 rings (SSSR count). The molecule has 0 aliphatic carbocycles. The third-order valence-electron chi connectivity index (χ3n) is 3.97. The number of aliphatic imine (C=N–C) groups is 1. The molecule has 0 aromatic heterocycles. The van der Waals surface area contributed by atoms with Crippen LogP contribution in [0, 0.1) is 12.3 Å². The van der Waals surface area contributed by atoms with Gasteiger partial charge in [-0.3, -0.25) is 14.7 Å². The molecule has 1 unspecified atom stereocenters. The molecule has 6 nitrogen and oxygen atoms in total. The number of benzene rings is 1. The zero-order valence-corrected chi connectivity index (χ0v) is 14.9. The lowest BCUT2D eigenvalue weighted by molar-refractivity contribution is -0.143. The summed E-state index contributed by atoms with van der Waals surface area (Å²) in [7, 11) is 1.53. The molecule has 3 N–H and O–H groups in total. The van der Waals surface area contributed by atoms with Crippen molar-refractivity contribution in [2.75, 3.05) is 38.5 Å². The van der Waals surface area contributed by atoms with E-state index in [1.165, 1.54) is 11.9 Å². The van der Waals surface area contributed by atoms with E-state index in [0.29, 0.717) is 30.2 Å². The zero-order chi connectivity index (χ0) is 19.9. The molecule has 146 valence electrons. The van der Waals surface area contributed by atoms with Gasteiger partial charge in [0.05, 0.1) is 13.1 Å². The highest BCUT2D eigenvalue weighted by Crippen LogP contribution is 2.19. The van der Waals surface area contributed by atoms with Crippen molar-refractivity contribution in [2.45, 2.75) is 18.6 Å². The quantitative estimate of drug-likeness (QED) is 0.410. The standard InChI is InChI=1S/C18H22F3N5O/c1-3-13-5-4-6-14(9-13)24-16(27)10-23-17(22-2)25-15-7-8-26(11-15)12-18(19,20)21/h1,4-6,9,15H,7-8,10-12H2,2H3,(H,24,27)(H2,22,23,25). The van der Waals surface area contributed by atoms with Gasteiger partial charge in [-0.05, 0) is 24.6 Å². The van der Waals surface area contributed by atoms with E-state index >= 15 is 0 Å². The average molecular weight is 381 g/mol. The lowest BCUT2D eigenvalue weighted by Crippen LogP contribution is -2.47. The molecule has 1 fully saturated rings. The number of carbonyl (C=O) groups excluding carboxylic acids is 1. The first-order chi connectivity index (χ1) is 12.8. The minimum atomic E-state index is -4.20. The van der Waals surface area contributed by atoms with Crippen molar-refractivity contribution in [3.8, 4) is 12.3 Å². The zero-order valence-electron chi connectivity index (χ0n) is 14.9. The van der Waals surface area contributed by atoms with Gasteiger partial charge in [-0.1, -0.05) is 12.0 Å². The highest BCUT2D eigenvalue weighted by atomic mass is 19.4.